The number of anilines is 4. The van der Waals surface area contributed by atoms with E-state index in [1.54, 1.807) is 36.4 Å². The zero-order valence-electron chi connectivity index (χ0n) is 40.9. The first-order valence-corrected chi connectivity index (χ1v) is 27.2. The molecule has 15 nitrogen and oxygen atoms in total. The van der Waals surface area contributed by atoms with Gasteiger partial charge in [0.05, 0.1) is 54.9 Å². The molecule has 72 heavy (non-hydrogen) atoms. The Morgan fingerprint density at radius 3 is 1.58 bits per heavy atom. The molecule has 0 radical (unpaired) electrons. The van der Waals surface area contributed by atoms with Gasteiger partial charge in [0.1, 0.15) is 47.9 Å². The molecule has 0 aliphatic carbocycles. The second-order valence-corrected chi connectivity index (χ2v) is 22.0. The molecule has 9 rings (SSSR count). The van der Waals surface area contributed by atoms with Crippen LogP contribution in [0, 0.1) is 11.6 Å². The molecule has 0 saturated carbocycles. The van der Waals surface area contributed by atoms with E-state index in [-0.39, 0.29) is 42.2 Å². The topological polar surface area (TPSA) is 190 Å². The summed E-state index contributed by atoms with van der Waals surface area (Å²) in [5.74, 6) is -0.365. The van der Waals surface area contributed by atoms with E-state index in [0.29, 0.717) is 67.8 Å². The van der Waals surface area contributed by atoms with Gasteiger partial charge in [0.25, 0.3) is 0 Å². The number of carbonyl (C=O) groups excluding carboxylic acids is 2. The summed E-state index contributed by atoms with van der Waals surface area (Å²) in [7, 11) is 0.0697. The average molecular weight is 1050 g/mol. The van der Waals surface area contributed by atoms with E-state index in [2.05, 4.69) is 21.0 Å². The lowest BCUT2D eigenvalue weighted by molar-refractivity contribution is 0.0590. The Kier molecular flexibility index (Phi) is 18.0. The standard InChI is InChI=1S/C24H23FN2O5S.C23H21FN2O3.C4H8O.CH3ClO2S/c1-14(2)22-21(24(28)31-3)20(15-9-11-16(25)12-10-15)17-13-32-19-8-6-5-7-18(19)27(23(17)26-22)33(4,29)30;1-13(2)21-20(23(27)28-3)19(14-8-10-15(24)11-9-14)16-12-29-18-7-5-4-6-17(18)25-22(16)26-21;1-2-4-5-3-1;1-5(2,3)4/h5-12,14H,13H2,1-4H3;4-11,13H,12H2,1-3H3,(H,25,26);1-4H2;1H3. The van der Waals surface area contributed by atoms with Crippen molar-refractivity contribution in [2.24, 2.45) is 0 Å². The Hall–Kier alpha value is -6.67. The minimum Gasteiger partial charge on any atom is -0.487 e. The van der Waals surface area contributed by atoms with E-state index in [1.165, 1.54) is 63.5 Å². The van der Waals surface area contributed by atoms with Crippen LogP contribution in [0.25, 0.3) is 22.3 Å². The molecule has 0 bridgehead atoms. The van der Waals surface area contributed by atoms with Gasteiger partial charge in [-0.3, -0.25) is 0 Å². The molecular formula is C52H55ClF2N4O11S2. The predicted molar refractivity (Wildman–Crippen MR) is 273 cm³/mol. The lowest BCUT2D eigenvalue weighted by atomic mass is 9.90. The van der Waals surface area contributed by atoms with Crippen LogP contribution in [0.2, 0.25) is 0 Å². The lowest BCUT2D eigenvalue weighted by Crippen LogP contribution is -2.27. The largest absolute Gasteiger partial charge is 0.487 e. The summed E-state index contributed by atoms with van der Waals surface area (Å²) < 4.78 is 100. The predicted octanol–water partition coefficient (Wildman–Crippen LogP) is 11.2. The number of fused-ring (bicyclic) bond motifs is 4. The molecule has 0 unspecified atom stereocenters. The van der Waals surface area contributed by atoms with E-state index >= 15 is 0 Å². The van der Waals surface area contributed by atoms with Gasteiger partial charge in [0.2, 0.25) is 19.1 Å². The highest BCUT2D eigenvalue weighted by Gasteiger charge is 2.36. The van der Waals surface area contributed by atoms with Crippen LogP contribution in [0.15, 0.2) is 97.1 Å². The molecule has 3 aliphatic heterocycles. The van der Waals surface area contributed by atoms with Crippen LogP contribution in [0.1, 0.15) is 95.6 Å². The highest BCUT2D eigenvalue weighted by atomic mass is 35.7. The highest BCUT2D eigenvalue weighted by molar-refractivity contribution is 8.13. The number of para-hydroxylation sites is 4. The zero-order valence-corrected chi connectivity index (χ0v) is 43.3. The summed E-state index contributed by atoms with van der Waals surface area (Å²) in [6.45, 7) is 9.79. The van der Waals surface area contributed by atoms with Crippen molar-refractivity contribution in [1.29, 1.82) is 0 Å². The zero-order chi connectivity index (χ0) is 52.5. The van der Waals surface area contributed by atoms with Gasteiger partial charge in [-0.15, -0.1) is 0 Å². The number of methoxy groups -OCH3 is 2. The molecule has 0 amide bonds. The van der Waals surface area contributed by atoms with Crippen LogP contribution in [-0.2, 0) is 46.5 Å². The van der Waals surface area contributed by atoms with Gasteiger partial charge in [-0.2, -0.15) is 0 Å². The number of nitrogens with one attached hydrogen (secondary N) is 1. The maximum atomic E-state index is 13.7. The number of ether oxygens (including phenoxy) is 5. The Morgan fingerprint density at radius 2 is 1.11 bits per heavy atom. The third-order valence-corrected chi connectivity index (χ3v) is 12.1. The molecule has 0 spiro atoms. The van der Waals surface area contributed by atoms with E-state index in [9.17, 15) is 35.2 Å². The number of carbonyl (C=O) groups is 2. The Balaban J connectivity index is 0.000000198. The highest BCUT2D eigenvalue weighted by Crippen LogP contribution is 2.46. The summed E-state index contributed by atoms with van der Waals surface area (Å²) >= 11 is 0. The monoisotopic (exact) mass is 1050 g/mol. The number of hydrogen-bond acceptors (Lipinski definition) is 14. The molecule has 3 aliphatic rings. The van der Waals surface area contributed by atoms with Crippen molar-refractivity contribution in [3.05, 3.63) is 142 Å². The smallest absolute Gasteiger partial charge is 0.340 e. The SMILES string of the molecule is C1CCOC1.COC(=O)c1c(C(C)C)nc2c(c1-c1ccc(F)cc1)COc1ccccc1N2.COC(=O)c1c(C(C)C)nc2c(c1-c1ccc(F)cc1)COc1ccccc1N2S(C)(=O)=O.CS(=O)(=O)Cl. The number of rotatable bonds is 7. The van der Waals surface area contributed by atoms with Gasteiger partial charge < -0.3 is 29.0 Å². The third kappa shape index (κ3) is 13.2. The molecule has 5 heterocycles. The first-order valence-electron chi connectivity index (χ1n) is 22.6. The van der Waals surface area contributed by atoms with Gasteiger partial charge in [0, 0.05) is 46.1 Å². The van der Waals surface area contributed by atoms with Crippen molar-refractivity contribution >= 4 is 64.7 Å². The molecule has 6 aromatic rings. The van der Waals surface area contributed by atoms with Crippen LogP contribution < -0.4 is 19.1 Å². The molecular weight excluding hydrogens is 994 g/mol. The lowest BCUT2D eigenvalue weighted by Gasteiger charge is -2.26. The van der Waals surface area contributed by atoms with Crippen LogP contribution in [-0.4, -0.2) is 78.7 Å². The number of nitrogens with zero attached hydrogens (tertiary/aromatic N) is 3. The summed E-state index contributed by atoms with van der Waals surface area (Å²) in [5.41, 5.74) is 6.03. The minimum atomic E-state index is -3.85. The molecule has 1 N–H and O–H groups in total. The number of hydrogen-bond donors (Lipinski definition) is 1. The fourth-order valence-corrected chi connectivity index (χ4v) is 8.94. The first kappa shape index (κ1) is 54.7. The van der Waals surface area contributed by atoms with E-state index < -0.39 is 36.8 Å². The number of aromatic nitrogens is 2. The second-order valence-electron chi connectivity index (χ2n) is 17.1. The molecule has 20 heteroatoms. The van der Waals surface area contributed by atoms with E-state index in [0.717, 1.165) is 41.3 Å². The van der Waals surface area contributed by atoms with Gasteiger partial charge in [-0.05, 0) is 84.3 Å². The number of halogens is 3. The summed E-state index contributed by atoms with van der Waals surface area (Å²) in [4.78, 5) is 35.2. The molecule has 1 saturated heterocycles. The van der Waals surface area contributed by atoms with Crippen LogP contribution in [0.3, 0.4) is 0 Å². The number of benzene rings is 4. The number of esters is 2. The van der Waals surface area contributed by atoms with Crippen molar-refractivity contribution < 1.29 is 58.9 Å². The van der Waals surface area contributed by atoms with Gasteiger partial charge in [0.15, 0.2) is 5.82 Å². The summed E-state index contributed by atoms with van der Waals surface area (Å²) in [5, 5.41) is 3.34. The van der Waals surface area contributed by atoms with Crippen LogP contribution in [0.4, 0.5) is 31.8 Å². The third-order valence-electron chi connectivity index (χ3n) is 11.1. The fourth-order valence-electron chi connectivity index (χ4n) is 7.97. The summed E-state index contributed by atoms with van der Waals surface area (Å²) in [6.07, 6.45) is 4.57. The number of sulfonamides is 1. The average Bonchev–Trinajstić information content (AvgIpc) is 3.81. The fraction of sp³-hybridized carbons (Fsp3) is 0.308. The quantitative estimate of drug-likeness (QED) is 0.117. The van der Waals surface area contributed by atoms with Crippen molar-refractivity contribution in [2.45, 2.75) is 65.6 Å². The first-order chi connectivity index (χ1) is 34.1. The Morgan fingerprint density at radius 1 is 0.667 bits per heavy atom. The molecule has 382 valence electrons. The van der Waals surface area contributed by atoms with Crippen molar-refractivity contribution in [3.8, 4) is 33.8 Å². The van der Waals surface area contributed by atoms with Crippen molar-refractivity contribution in [2.75, 3.05) is 49.6 Å². The van der Waals surface area contributed by atoms with Gasteiger partial charge in [-0.25, -0.2) is 49.5 Å². The second kappa shape index (κ2) is 23.7. The maximum absolute atomic E-state index is 13.7. The van der Waals surface area contributed by atoms with Gasteiger partial charge >= 0.3 is 11.9 Å². The summed E-state index contributed by atoms with van der Waals surface area (Å²) in [6, 6.07) is 26.0. The van der Waals surface area contributed by atoms with Crippen LogP contribution >= 0.6 is 10.7 Å². The Bertz CT molecular complexity index is 3140. The molecule has 0 atom stereocenters. The van der Waals surface area contributed by atoms with Crippen molar-refractivity contribution in [1.82, 2.24) is 9.97 Å². The minimum absolute atomic E-state index is 0.0326. The number of pyridine rings is 2. The normalized spacial score (nSPS) is 13.4. The molecule has 4 aromatic carbocycles. The van der Waals surface area contributed by atoms with E-state index in [1.807, 2.05) is 52.0 Å². The van der Waals surface area contributed by atoms with Crippen LogP contribution in [0.5, 0.6) is 11.5 Å². The van der Waals surface area contributed by atoms with Crippen molar-refractivity contribution in [3.63, 3.8) is 0 Å². The molecule has 1 fully saturated rings. The maximum Gasteiger partial charge on any atom is 0.340 e. The molecule has 2 aromatic heterocycles. The van der Waals surface area contributed by atoms with Gasteiger partial charge in [-0.1, -0.05) is 76.2 Å². The van der Waals surface area contributed by atoms with E-state index in [4.69, 9.17) is 28.7 Å². The Labute approximate surface area is 422 Å².